The molecule has 0 spiro atoms. The minimum Gasteiger partial charge on any atom is -0.345 e. The maximum absolute atomic E-state index is 4.44. The van der Waals surface area contributed by atoms with Crippen molar-refractivity contribution in [3.8, 4) is 0 Å². The number of halogens is 1. The molecule has 1 unspecified atom stereocenters. The summed E-state index contributed by atoms with van der Waals surface area (Å²) in [5.74, 6) is 0. The molecule has 0 saturated carbocycles. The smallest absolute Gasteiger partial charge is 0.0885 e. The highest BCUT2D eigenvalue weighted by Gasteiger charge is 2.20. The summed E-state index contributed by atoms with van der Waals surface area (Å²) in [5, 5.41) is 3.53. The molecule has 1 N–H and O–H groups in total. The van der Waals surface area contributed by atoms with Crippen molar-refractivity contribution in [2.75, 3.05) is 6.54 Å². The average Bonchev–Trinajstić information content (AvgIpc) is 2.87. The predicted molar refractivity (Wildman–Crippen MR) is 68.4 cm³/mol. The third kappa shape index (κ3) is 1.57. The molecule has 84 valence electrons. The lowest BCUT2D eigenvalue weighted by Gasteiger charge is -2.11. The first-order valence-corrected chi connectivity index (χ1v) is 6.39. The molecule has 0 amide bonds. The van der Waals surface area contributed by atoms with Crippen molar-refractivity contribution in [3.05, 3.63) is 28.5 Å². The van der Waals surface area contributed by atoms with E-state index in [0.29, 0.717) is 6.04 Å². The quantitative estimate of drug-likeness (QED) is 0.870. The van der Waals surface area contributed by atoms with E-state index in [2.05, 4.69) is 50.0 Å². The fraction of sp³-hybridized carbons (Fsp3) is 0.417. The van der Waals surface area contributed by atoms with E-state index in [-0.39, 0.29) is 0 Å². The van der Waals surface area contributed by atoms with Gasteiger partial charge in [0.25, 0.3) is 0 Å². The van der Waals surface area contributed by atoms with Crippen molar-refractivity contribution in [1.29, 1.82) is 0 Å². The Morgan fingerprint density at radius 1 is 1.50 bits per heavy atom. The van der Waals surface area contributed by atoms with E-state index < -0.39 is 0 Å². The van der Waals surface area contributed by atoms with Gasteiger partial charge in [-0.15, -0.1) is 0 Å². The predicted octanol–water partition coefficient (Wildman–Crippen LogP) is 2.76. The Kier molecular flexibility index (Phi) is 2.48. The molecule has 0 aliphatic carbocycles. The van der Waals surface area contributed by atoms with E-state index in [9.17, 15) is 0 Å². The SMILES string of the molecule is Cn1c(C2CCCN2)cc2ncc(Br)cc21. The first kappa shape index (κ1) is 10.3. The molecule has 16 heavy (non-hydrogen) atoms. The highest BCUT2D eigenvalue weighted by molar-refractivity contribution is 9.10. The molecule has 1 aliphatic heterocycles. The standard InChI is InChI=1S/C12H14BrN3/c1-16-11-5-8(13)7-15-10(11)6-12(16)9-3-2-4-14-9/h5-7,9,14H,2-4H2,1H3. The zero-order valence-electron chi connectivity index (χ0n) is 9.20. The van der Waals surface area contributed by atoms with Crippen molar-refractivity contribution < 1.29 is 0 Å². The number of rotatable bonds is 1. The van der Waals surface area contributed by atoms with Crippen LogP contribution in [0.1, 0.15) is 24.6 Å². The zero-order chi connectivity index (χ0) is 11.1. The van der Waals surface area contributed by atoms with Gasteiger partial charge in [0, 0.05) is 29.5 Å². The van der Waals surface area contributed by atoms with Gasteiger partial charge in [0.1, 0.15) is 0 Å². The third-order valence-corrected chi connectivity index (χ3v) is 3.75. The first-order chi connectivity index (χ1) is 7.75. The van der Waals surface area contributed by atoms with Crippen LogP contribution in [0.3, 0.4) is 0 Å². The maximum Gasteiger partial charge on any atom is 0.0885 e. The molecule has 3 rings (SSSR count). The van der Waals surface area contributed by atoms with Crippen molar-refractivity contribution in [1.82, 2.24) is 14.9 Å². The molecule has 4 heteroatoms. The van der Waals surface area contributed by atoms with Gasteiger partial charge in [-0.25, -0.2) is 0 Å². The number of aryl methyl sites for hydroxylation is 1. The number of aromatic nitrogens is 2. The van der Waals surface area contributed by atoms with E-state index in [1.54, 1.807) is 0 Å². The van der Waals surface area contributed by atoms with E-state index in [4.69, 9.17) is 0 Å². The van der Waals surface area contributed by atoms with Crippen LogP contribution in [0.25, 0.3) is 11.0 Å². The lowest BCUT2D eigenvalue weighted by Crippen LogP contribution is -2.15. The normalized spacial score (nSPS) is 20.8. The average molecular weight is 280 g/mol. The van der Waals surface area contributed by atoms with Crippen LogP contribution < -0.4 is 5.32 Å². The minimum absolute atomic E-state index is 0.498. The van der Waals surface area contributed by atoms with Crippen LogP contribution in [0, 0.1) is 0 Å². The van der Waals surface area contributed by atoms with Gasteiger partial charge in [-0.1, -0.05) is 0 Å². The van der Waals surface area contributed by atoms with Gasteiger partial charge in [0.15, 0.2) is 0 Å². The Bertz CT molecular complexity index is 526. The number of nitrogens with one attached hydrogen (secondary N) is 1. The van der Waals surface area contributed by atoms with Crippen LogP contribution in [0.4, 0.5) is 0 Å². The van der Waals surface area contributed by atoms with Crippen LogP contribution in [0.15, 0.2) is 22.8 Å². The van der Waals surface area contributed by atoms with Gasteiger partial charge in [0.2, 0.25) is 0 Å². The monoisotopic (exact) mass is 279 g/mol. The van der Waals surface area contributed by atoms with Gasteiger partial charge < -0.3 is 9.88 Å². The molecule has 0 aromatic carbocycles. The second kappa shape index (κ2) is 3.86. The second-order valence-electron chi connectivity index (χ2n) is 4.34. The highest BCUT2D eigenvalue weighted by Crippen LogP contribution is 2.28. The van der Waals surface area contributed by atoms with Crippen molar-refractivity contribution in [2.45, 2.75) is 18.9 Å². The number of fused-ring (bicyclic) bond motifs is 1. The molecule has 1 fully saturated rings. The molecule has 1 saturated heterocycles. The van der Waals surface area contributed by atoms with Crippen molar-refractivity contribution >= 4 is 27.0 Å². The van der Waals surface area contributed by atoms with Gasteiger partial charge in [-0.3, -0.25) is 4.98 Å². The van der Waals surface area contributed by atoms with Crippen LogP contribution in [-0.4, -0.2) is 16.1 Å². The van der Waals surface area contributed by atoms with Crippen LogP contribution >= 0.6 is 15.9 Å². The van der Waals surface area contributed by atoms with Crippen LogP contribution in [-0.2, 0) is 7.05 Å². The molecular weight excluding hydrogens is 266 g/mol. The van der Waals surface area contributed by atoms with Crippen molar-refractivity contribution in [2.24, 2.45) is 7.05 Å². The summed E-state index contributed by atoms with van der Waals surface area (Å²) < 4.78 is 3.28. The summed E-state index contributed by atoms with van der Waals surface area (Å²) in [4.78, 5) is 4.44. The van der Waals surface area contributed by atoms with Gasteiger partial charge >= 0.3 is 0 Å². The summed E-state index contributed by atoms with van der Waals surface area (Å²) in [6, 6.07) is 4.82. The molecule has 2 aromatic heterocycles. The summed E-state index contributed by atoms with van der Waals surface area (Å²) in [6.45, 7) is 1.13. The van der Waals surface area contributed by atoms with Gasteiger partial charge in [-0.05, 0) is 47.4 Å². The molecular formula is C12H14BrN3. The fourth-order valence-electron chi connectivity index (χ4n) is 2.47. The third-order valence-electron chi connectivity index (χ3n) is 3.31. The van der Waals surface area contributed by atoms with Crippen LogP contribution in [0.2, 0.25) is 0 Å². The van der Waals surface area contributed by atoms with Crippen molar-refractivity contribution in [3.63, 3.8) is 0 Å². The number of nitrogens with zero attached hydrogens (tertiary/aromatic N) is 2. The summed E-state index contributed by atoms with van der Waals surface area (Å²) >= 11 is 3.47. The second-order valence-corrected chi connectivity index (χ2v) is 5.25. The molecule has 1 aliphatic rings. The first-order valence-electron chi connectivity index (χ1n) is 5.60. The van der Waals surface area contributed by atoms with Gasteiger partial charge in [-0.2, -0.15) is 0 Å². The van der Waals surface area contributed by atoms with E-state index in [0.717, 1.165) is 16.5 Å². The number of hydrogen-bond donors (Lipinski definition) is 1. The molecule has 0 bridgehead atoms. The molecule has 0 radical (unpaired) electrons. The fourth-order valence-corrected chi connectivity index (χ4v) is 2.79. The summed E-state index contributed by atoms with van der Waals surface area (Å²) in [5.41, 5.74) is 3.62. The lowest BCUT2D eigenvalue weighted by molar-refractivity contribution is 0.604. The molecule has 3 heterocycles. The number of hydrogen-bond acceptors (Lipinski definition) is 2. The Hall–Kier alpha value is -0.870. The minimum atomic E-state index is 0.498. The highest BCUT2D eigenvalue weighted by atomic mass is 79.9. The zero-order valence-corrected chi connectivity index (χ0v) is 10.8. The van der Waals surface area contributed by atoms with E-state index in [1.165, 1.54) is 24.1 Å². The molecule has 2 aromatic rings. The van der Waals surface area contributed by atoms with Crippen LogP contribution in [0.5, 0.6) is 0 Å². The molecule has 3 nitrogen and oxygen atoms in total. The summed E-state index contributed by atoms with van der Waals surface area (Å²) in [7, 11) is 2.12. The lowest BCUT2D eigenvalue weighted by atomic mass is 10.1. The summed E-state index contributed by atoms with van der Waals surface area (Å²) in [6.07, 6.45) is 4.35. The topological polar surface area (TPSA) is 29.9 Å². The largest absolute Gasteiger partial charge is 0.345 e. The van der Waals surface area contributed by atoms with E-state index >= 15 is 0 Å². The number of pyridine rings is 1. The Balaban J connectivity index is 2.15. The van der Waals surface area contributed by atoms with E-state index in [1.807, 2.05) is 6.20 Å². The maximum atomic E-state index is 4.44. The Morgan fingerprint density at radius 3 is 3.12 bits per heavy atom. The van der Waals surface area contributed by atoms with Gasteiger partial charge in [0.05, 0.1) is 11.0 Å². The molecule has 1 atom stereocenters. The Morgan fingerprint density at radius 2 is 2.38 bits per heavy atom. The Labute approximate surface area is 103 Å².